The van der Waals surface area contributed by atoms with Crippen LogP contribution in [-0.2, 0) is 15.2 Å². The van der Waals surface area contributed by atoms with Crippen molar-refractivity contribution in [2.75, 3.05) is 0 Å². The van der Waals surface area contributed by atoms with Crippen LogP contribution in [0.1, 0.15) is 44.1 Å². The third-order valence-electron chi connectivity index (χ3n) is 7.01. The van der Waals surface area contributed by atoms with Gasteiger partial charge in [-0.1, -0.05) is 5.16 Å². The second kappa shape index (κ2) is 7.11. The van der Waals surface area contributed by atoms with E-state index >= 15 is 0 Å². The van der Waals surface area contributed by atoms with Gasteiger partial charge in [0.2, 0.25) is 4.73 Å². The van der Waals surface area contributed by atoms with Crippen LogP contribution >= 0.6 is 15.9 Å². The Balaban J connectivity index is 1.36. The molecule has 162 valence electrons. The van der Waals surface area contributed by atoms with E-state index in [1.165, 1.54) is 24.3 Å². The van der Waals surface area contributed by atoms with Crippen molar-refractivity contribution < 1.29 is 14.6 Å². The maximum absolute atomic E-state index is 13.2. The van der Waals surface area contributed by atoms with E-state index in [1.807, 2.05) is 4.68 Å². The lowest BCUT2D eigenvalue weighted by Gasteiger charge is -2.60. The monoisotopic (exact) mass is 488 g/mol. The van der Waals surface area contributed by atoms with Gasteiger partial charge in [0.25, 0.3) is 5.69 Å². The summed E-state index contributed by atoms with van der Waals surface area (Å²) in [6.45, 7) is 0. The number of rotatable bonds is 5. The molecule has 10 nitrogen and oxygen atoms in total. The number of nitro benzene ring substituents is 1. The van der Waals surface area contributed by atoms with E-state index in [2.05, 4.69) is 31.2 Å². The van der Waals surface area contributed by atoms with Gasteiger partial charge < -0.3 is 10.6 Å². The molecule has 0 spiro atoms. The largest absolute Gasteiger partial charge is 0.380 e. The molecule has 4 fully saturated rings. The minimum Gasteiger partial charge on any atom is -0.380 e. The standard InChI is InChI=1S/C20H21BrN6O4/c21-18-23-11-26(24-18)20-8-12-5-13(9-20)7-19(6-12,10-20)17(28)31-25-16(22)14-1-3-15(4-2-14)27(29)30/h1-4,11-13H,5-10H2,(H2,22,25). The number of nitrogens with zero attached hydrogens (tertiary/aromatic N) is 5. The smallest absolute Gasteiger partial charge is 0.341 e. The molecular weight excluding hydrogens is 468 g/mol. The number of nitro groups is 1. The number of carbonyl (C=O) groups is 1. The first kappa shape index (κ1) is 20.1. The predicted molar refractivity (Wildman–Crippen MR) is 113 cm³/mol. The van der Waals surface area contributed by atoms with Gasteiger partial charge in [0, 0.05) is 17.7 Å². The van der Waals surface area contributed by atoms with Crippen molar-refractivity contribution >= 4 is 33.4 Å². The minimum absolute atomic E-state index is 0.00268. The normalized spacial score (nSPS) is 31.6. The summed E-state index contributed by atoms with van der Waals surface area (Å²) in [5.41, 5.74) is 5.52. The third-order valence-corrected chi connectivity index (χ3v) is 7.38. The highest BCUT2D eigenvalue weighted by Crippen LogP contribution is 2.64. The van der Waals surface area contributed by atoms with Crippen molar-refractivity contribution in [2.24, 2.45) is 28.1 Å². The van der Waals surface area contributed by atoms with Crippen LogP contribution in [0.15, 0.2) is 40.5 Å². The van der Waals surface area contributed by atoms with Crippen molar-refractivity contribution in [3.63, 3.8) is 0 Å². The molecule has 11 heteroatoms. The quantitative estimate of drug-likeness (QED) is 0.224. The van der Waals surface area contributed by atoms with Gasteiger partial charge >= 0.3 is 5.97 Å². The first-order chi connectivity index (χ1) is 14.8. The van der Waals surface area contributed by atoms with Gasteiger partial charge in [0.1, 0.15) is 6.33 Å². The van der Waals surface area contributed by atoms with Crippen molar-refractivity contribution in [3.8, 4) is 0 Å². The van der Waals surface area contributed by atoms with Crippen LogP contribution in [0.2, 0.25) is 0 Å². The summed E-state index contributed by atoms with van der Waals surface area (Å²) in [5, 5.41) is 19.2. The molecule has 0 aliphatic heterocycles. The molecule has 1 heterocycles. The molecule has 0 radical (unpaired) electrons. The van der Waals surface area contributed by atoms with Crippen LogP contribution in [0.4, 0.5) is 5.69 Å². The summed E-state index contributed by atoms with van der Waals surface area (Å²) >= 11 is 3.33. The number of aromatic nitrogens is 3. The Bertz CT molecular complexity index is 1070. The molecular formula is C20H21BrN6O4. The number of non-ortho nitro benzene ring substituents is 1. The topological polar surface area (TPSA) is 139 Å². The average molecular weight is 489 g/mol. The molecule has 4 bridgehead atoms. The zero-order valence-electron chi connectivity index (χ0n) is 16.6. The van der Waals surface area contributed by atoms with Gasteiger partial charge in [-0.05, 0) is 78.4 Å². The number of nitrogens with two attached hydrogens (primary N) is 1. The second-order valence-corrected chi connectivity index (χ2v) is 9.79. The predicted octanol–water partition coefficient (Wildman–Crippen LogP) is 3.11. The first-order valence-electron chi connectivity index (χ1n) is 10.2. The highest BCUT2D eigenvalue weighted by molar-refractivity contribution is 9.10. The number of oxime groups is 1. The summed E-state index contributed by atoms with van der Waals surface area (Å²) in [4.78, 5) is 33.1. The number of halogens is 1. The molecule has 31 heavy (non-hydrogen) atoms. The Kier molecular flexibility index (Phi) is 4.61. The number of hydrogen-bond acceptors (Lipinski definition) is 7. The molecule has 6 rings (SSSR count). The minimum atomic E-state index is -0.609. The van der Waals surface area contributed by atoms with Gasteiger partial charge in [0.05, 0.1) is 15.9 Å². The zero-order valence-corrected chi connectivity index (χ0v) is 18.2. The molecule has 2 unspecified atom stereocenters. The zero-order chi connectivity index (χ0) is 21.8. The average Bonchev–Trinajstić information content (AvgIpc) is 3.18. The van der Waals surface area contributed by atoms with Crippen molar-refractivity contribution in [1.82, 2.24) is 14.8 Å². The maximum atomic E-state index is 13.2. The van der Waals surface area contributed by atoms with E-state index in [4.69, 9.17) is 10.6 Å². The Morgan fingerprint density at radius 3 is 2.52 bits per heavy atom. The van der Waals surface area contributed by atoms with E-state index in [-0.39, 0.29) is 23.0 Å². The van der Waals surface area contributed by atoms with Crippen LogP contribution in [0.5, 0.6) is 0 Å². The van der Waals surface area contributed by atoms with Crippen LogP contribution < -0.4 is 5.73 Å². The fourth-order valence-electron chi connectivity index (χ4n) is 6.19. The van der Waals surface area contributed by atoms with E-state index in [1.54, 1.807) is 6.33 Å². The summed E-state index contributed by atoms with van der Waals surface area (Å²) in [6, 6.07) is 5.62. The number of hydrogen-bond donors (Lipinski definition) is 1. The van der Waals surface area contributed by atoms with Crippen LogP contribution in [0.25, 0.3) is 0 Å². The Hall–Kier alpha value is -2.82. The SMILES string of the molecule is N/C(=N\OC(=O)C12CC3CC(C1)CC(n1cnc(Br)n1)(C3)C2)c1ccc([N+](=O)[O-])cc1. The lowest BCUT2D eigenvalue weighted by Crippen LogP contribution is -2.59. The van der Waals surface area contributed by atoms with E-state index in [0.29, 0.717) is 28.6 Å². The molecule has 4 aliphatic rings. The maximum Gasteiger partial charge on any atom is 0.341 e. The summed E-state index contributed by atoms with van der Waals surface area (Å²) in [7, 11) is 0. The van der Waals surface area contributed by atoms with Gasteiger partial charge in [-0.2, -0.15) is 0 Å². The van der Waals surface area contributed by atoms with Gasteiger partial charge in [-0.25, -0.2) is 14.5 Å². The molecule has 4 saturated carbocycles. The number of amidine groups is 1. The summed E-state index contributed by atoms with van der Waals surface area (Å²) in [6.07, 6.45) is 7.06. The molecule has 1 aromatic heterocycles. The van der Waals surface area contributed by atoms with E-state index in [9.17, 15) is 14.9 Å². The van der Waals surface area contributed by atoms with Crippen LogP contribution in [0, 0.1) is 27.4 Å². The molecule has 4 aliphatic carbocycles. The lowest BCUT2D eigenvalue weighted by molar-refractivity contribution is -0.384. The van der Waals surface area contributed by atoms with E-state index in [0.717, 1.165) is 32.1 Å². The Labute approximate surface area is 186 Å². The van der Waals surface area contributed by atoms with Gasteiger partial charge in [0.15, 0.2) is 5.84 Å². The highest BCUT2D eigenvalue weighted by Gasteiger charge is 2.62. The van der Waals surface area contributed by atoms with E-state index < -0.39 is 10.3 Å². The van der Waals surface area contributed by atoms with Crippen LogP contribution in [0.3, 0.4) is 0 Å². The van der Waals surface area contributed by atoms with Crippen molar-refractivity contribution in [1.29, 1.82) is 0 Å². The lowest BCUT2D eigenvalue weighted by atomic mass is 9.47. The van der Waals surface area contributed by atoms with Crippen molar-refractivity contribution in [3.05, 3.63) is 51.0 Å². The molecule has 0 amide bonds. The number of benzene rings is 1. The van der Waals surface area contributed by atoms with Crippen molar-refractivity contribution in [2.45, 2.75) is 44.1 Å². The molecule has 1 aromatic carbocycles. The second-order valence-electron chi connectivity index (χ2n) is 9.08. The molecule has 2 aromatic rings. The fourth-order valence-corrected chi connectivity index (χ4v) is 6.45. The first-order valence-corrected chi connectivity index (χ1v) is 11.0. The fraction of sp³-hybridized carbons (Fsp3) is 0.500. The Morgan fingerprint density at radius 1 is 1.26 bits per heavy atom. The summed E-state index contributed by atoms with van der Waals surface area (Å²) in [5.74, 6) is 0.512. The molecule has 2 atom stereocenters. The van der Waals surface area contributed by atoms with Gasteiger partial charge in [-0.3, -0.25) is 10.1 Å². The molecule has 2 N–H and O–H groups in total. The van der Waals surface area contributed by atoms with Crippen LogP contribution in [-0.4, -0.2) is 31.5 Å². The Morgan fingerprint density at radius 2 is 1.94 bits per heavy atom. The number of carbonyl (C=O) groups excluding carboxylic acids is 1. The highest BCUT2D eigenvalue weighted by atomic mass is 79.9. The molecule has 0 saturated heterocycles. The van der Waals surface area contributed by atoms with Gasteiger partial charge in [-0.15, -0.1) is 5.10 Å². The third kappa shape index (κ3) is 3.40. The summed E-state index contributed by atoms with van der Waals surface area (Å²) < 4.78 is 2.46.